The largest absolute Gasteiger partial charge is 0.598 e. The molecule has 0 spiro atoms. The smallest absolute Gasteiger partial charge is 0.335 e. The van der Waals surface area contributed by atoms with E-state index in [1.165, 1.54) is 0 Å². The second kappa shape index (κ2) is 5.76. The molecule has 110 valence electrons. The number of nitrogens with one attached hydrogen (secondary N) is 1. The van der Waals surface area contributed by atoms with Crippen molar-refractivity contribution in [2.75, 3.05) is 0 Å². The van der Waals surface area contributed by atoms with Crippen molar-refractivity contribution in [3.05, 3.63) is 34.9 Å². The summed E-state index contributed by atoms with van der Waals surface area (Å²) >= 11 is -1.12. The van der Waals surface area contributed by atoms with E-state index in [9.17, 15) is 9.35 Å². The van der Waals surface area contributed by atoms with Crippen molar-refractivity contribution in [3.8, 4) is 0 Å². The van der Waals surface area contributed by atoms with Gasteiger partial charge in [0.2, 0.25) is 0 Å². The van der Waals surface area contributed by atoms with Crippen molar-refractivity contribution in [1.29, 1.82) is 0 Å². The molecule has 0 saturated heterocycles. The van der Waals surface area contributed by atoms with Gasteiger partial charge in [0.15, 0.2) is 0 Å². The fourth-order valence-electron chi connectivity index (χ4n) is 2.38. The van der Waals surface area contributed by atoms with Crippen LogP contribution in [0.25, 0.3) is 0 Å². The Morgan fingerprint density at radius 1 is 1.45 bits per heavy atom. The number of carbonyl (C=O) groups is 1. The zero-order valence-electron chi connectivity index (χ0n) is 12.1. The Bertz CT molecular complexity index is 510. The second-order valence-electron chi connectivity index (χ2n) is 6.16. The second-order valence-corrected chi connectivity index (χ2v) is 8.16. The summed E-state index contributed by atoms with van der Waals surface area (Å²) in [7, 11) is 0. The molecule has 0 saturated carbocycles. The third-order valence-corrected chi connectivity index (χ3v) is 5.12. The molecular formula is C15H21NO3S. The minimum Gasteiger partial charge on any atom is -0.598 e. The van der Waals surface area contributed by atoms with E-state index in [4.69, 9.17) is 5.11 Å². The predicted octanol–water partition coefficient (Wildman–Crippen LogP) is 2.81. The Labute approximate surface area is 122 Å². The number of hydrogen-bond acceptors (Lipinski definition) is 3. The number of fused-ring (bicyclic) bond motifs is 1. The van der Waals surface area contributed by atoms with Crippen LogP contribution >= 0.6 is 0 Å². The van der Waals surface area contributed by atoms with Crippen LogP contribution in [-0.4, -0.2) is 20.4 Å². The van der Waals surface area contributed by atoms with Crippen LogP contribution in [0.3, 0.4) is 0 Å². The van der Waals surface area contributed by atoms with Crippen LogP contribution in [-0.2, 0) is 17.8 Å². The Kier molecular flexibility index (Phi) is 4.42. The Hall–Kier alpha value is -1.04. The van der Waals surface area contributed by atoms with Crippen LogP contribution < -0.4 is 4.72 Å². The van der Waals surface area contributed by atoms with Gasteiger partial charge in [0.05, 0.1) is 11.6 Å². The molecule has 20 heavy (non-hydrogen) atoms. The average molecular weight is 295 g/mol. The Balaban J connectivity index is 2.23. The van der Waals surface area contributed by atoms with Gasteiger partial charge >= 0.3 is 5.97 Å². The molecule has 0 bridgehead atoms. The first kappa shape index (κ1) is 15.4. The summed E-state index contributed by atoms with van der Waals surface area (Å²) in [5, 5.41) is 9.04. The van der Waals surface area contributed by atoms with Gasteiger partial charge in [-0.2, -0.15) is 0 Å². The summed E-state index contributed by atoms with van der Waals surface area (Å²) in [5.74, 6) is -0.902. The molecule has 2 atom stereocenters. The third kappa shape index (κ3) is 3.34. The van der Waals surface area contributed by atoms with Gasteiger partial charge in [-0.05, 0) is 63.3 Å². The van der Waals surface area contributed by atoms with E-state index in [1.807, 2.05) is 26.8 Å². The van der Waals surface area contributed by atoms with Crippen LogP contribution in [0.1, 0.15) is 61.1 Å². The molecule has 1 aromatic rings. The van der Waals surface area contributed by atoms with Gasteiger partial charge in [0.1, 0.15) is 4.75 Å². The third-order valence-electron chi connectivity index (χ3n) is 3.51. The number of carboxylic acid groups (broad SMARTS) is 1. The van der Waals surface area contributed by atoms with E-state index in [1.54, 1.807) is 12.1 Å². The lowest BCUT2D eigenvalue weighted by atomic mass is 9.87. The van der Waals surface area contributed by atoms with Crippen LogP contribution in [0.2, 0.25) is 0 Å². The van der Waals surface area contributed by atoms with E-state index >= 15 is 0 Å². The van der Waals surface area contributed by atoms with Crippen LogP contribution in [0.5, 0.6) is 0 Å². The molecule has 1 aliphatic rings. The quantitative estimate of drug-likeness (QED) is 0.841. The molecule has 0 aromatic heterocycles. The molecule has 0 unspecified atom stereocenters. The Morgan fingerprint density at radius 2 is 2.15 bits per heavy atom. The molecule has 0 aliphatic heterocycles. The molecular weight excluding hydrogens is 274 g/mol. The molecule has 0 amide bonds. The van der Waals surface area contributed by atoms with Crippen molar-refractivity contribution >= 4 is 17.3 Å². The number of benzene rings is 1. The molecule has 4 nitrogen and oxygen atoms in total. The molecule has 0 heterocycles. The van der Waals surface area contributed by atoms with E-state index in [0.29, 0.717) is 5.56 Å². The molecule has 0 radical (unpaired) electrons. The van der Waals surface area contributed by atoms with E-state index in [-0.39, 0.29) is 10.8 Å². The van der Waals surface area contributed by atoms with Gasteiger partial charge in [-0.25, -0.2) is 4.79 Å². The summed E-state index contributed by atoms with van der Waals surface area (Å²) in [6, 6.07) is 5.27. The van der Waals surface area contributed by atoms with Gasteiger partial charge < -0.3 is 9.66 Å². The van der Waals surface area contributed by atoms with Gasteiger partial charge in [0, 0.05) is 11.4 Å². The van der Waals surface area contributed by atoms with Crippen molar-refractivity contribution in [2.24, 2.45) is 0 Å². The van der Waals surface area contributed by atoms with Crippen molar-refractivity contribution in [3.63, 3.8) is 0 Å². The molecule has 2 N–H and O–H groups in total. The zero-order chi connectivity index (χ0) is 14.9. The fourth-order valence-corrected chi connectivity index (χ4v) is 3.23. The van der Waals surface area contributed by atoms with Gasteiger partial charge in [-0.1, -0.05) is 6.07 Å². The maximum absolute atomic E-state index is 12.2. The highest BCUT2D eigenvalue weighted by Crippen LogP contribution is 2.32. The highest BCUT2D eigenvalue weighted by Gasteiger charge is 2.31. The number of aromatic carboxylic acids is 1. The van der Waals surface area contributed by atoms with Crippen LogP contribution in [0, 0.1) is 0 Å². The summed E-state index contributed by atoms with van der Waals surface area (Å²) in [6.07, 6.45) is 2.80. The highest BCUT2D eigenvalue weighted by molar-refractivity contribution is 7.90. The minimum atomic E-state index is -1.12. The van der Waals surface area contributed by atoms with E-state index in [0.717, 1.165) is 30.4 Å². The lowest BCUT2D eigenvalue weighted by molar-refractivity contribution is 0.0696. The molecule has 5 heteroatoms. The first-order valence-corrected chi connectivity index (χ1v) is 7.98. The summed E-state index contributed by atoms with van der Waals surface area (Å²) in [6.45, 7) is 5.81. The minimum absolute atomic E-state index is 0.0432. The summed E-state index contributed by atoms with van der Waals surface area (Å²) < 4.78 is 15.1. The van der Waals surface area contributed by atoms with Gasteiger partial charge in [0.25, 0.3) is 0 Å². The first-order valence-electron chi connectivity index (χ1n) is 6.83. The topological polar surface area (TPSA) is 72.4 Å². The summed E-state index contributed by atoms with van der Waals surface area (Å²) in [4.78, 5) is 11.0. The molecule has 2 rings (SSSR count). The molecule has 0 fully saturated rings. The molecule has 1 aromatic carbocycles. The lowest BCUT2D eigenvalue weighted by Gasteiger charge is -2.31. The number of rotatable bonds is 3. The van der Waals surface area contributed by atoms with Crippen molar-refractivity contribution in [2.45, 2.75) is 50.8 Å². The van der Waals surface area contributed by atoms with Crippen molar-refractivity contribution < 1.29 is 14.5 Å². The average Bonchev–Trinajstić information content (AvgIpc) is 2.37. The highest BCUT2D eigenvalue weighted by atomic mass is 32.2. The number of aryl methyl sites for hydroxylation is 1. The van der Waals surface area contributed by atoms with Gasteiger partial charge in [-0.3, -0.25) is 0 Å². The van der Waals surface area contributed by atoms with E-state index < -0.39 is 17.3 Å². The predicted molar refractivity (Wildman–Crippen MR) is 80.1 cm³/mol. The maximum Gasteiger partial charge on any atom is 0.335 e. The standard InChI is InChI=1S/C15H21NO3S/c1-15(2,3)20(19)16-13-6-4-5-10-9-11(14(17)18)7-8-12(10)13/h7-9,13,16H,4-6H2,1-3H3,(H,17,18)/t13-,20-/m1/s1. The van der Waals surface area contributed by atoms with Crippen molar-refractivity contribution in [1.82, 2.24) is 4.72 Å². The van der Waals surface area contributed by atoms with E-state index in [2.05, 4.69) is 4.72 Å². The number of carboxylic acids is 1. The number of hydrogen-bond donors (Lipinski definition) is 2. The monoisotopic (exact) mass is 295 g/mol. The summed E-state index contributed by atoms with van der Waals surface area (Å²) in [5.41, 5.74) is 2.46. The fraction of sp³-hybridized carbons (Fsp3) is 0.533. The van der Waals surface area contributed by atoms with Gasteiger partial charge in [-0.15, -0.1) is 4.72 Å². The lowest BCUT2D eigenvalue weighted by Crippen LogP contribution is -2.42. The maximum atomic E-state index is 12.2. The first-order chi connectivity index (χ1) is 9.29. The van der Waals surface area contributed by atoms with Crippen LogP contribution in [0.4, 0.5) is 0 Å². The zero-order valence-corrected chi connectivity index (χ0v) is 12.9. The SMILES string of the molecule is CC(C)(C)[S@@+]([O-])N[C@@H]1CCCc2cc(C(=O)O)ccc21. The normalized spacial score (nSPS) is 20.3. The molecule has 1 aliphatic carbocycles. The van der Waals surface area contributed by atoms with Crippen LogP contribution in [0.15, 0.2) is 18.2 Å². The Morgan fingerprint density at radius 3 is 2.75 bits per heavy atom.